The quantitative estimate of drug-likeness (QED) is 0.806. The molecule has 1 fully saturated rings. The number of nitrogens with two attached hydrogens (primary N) is 1. The third-order valence-corrected chi connectivity index (χ3v) is 3.43. The minimum atomic E-state index is -1.09. The van der Waals surface area contributed by atoms with E-state index in [-0.39, 0.29) is 18.2 Å². The first-order valence-electron chi connectivity index (χ1n) is 6.40. The molecule has 1 aliphatic rings. The Morgan fingerprint density at radius 3 is 2.58 bits per heavy atom. The number of furan rings is 1. The molecule has 0 unspecified atom stereocenters. The zero-order valence-corrected chi connectivity index (χ0v) is 10.7. The van der Waals surface area contributed by atoms with Crippen LogP contribution >= 0.6 is 0 Å². The van der Waals surface area contributed by atoms with E-state index in [0.717, 1.165) is 25.7 Å². The van der Waals surface area contributed by atoms with Crippen molar-refractivity contribution in [2.75, 3.05) is 6.54 Å². The predicted molar refractivity (Wildman–Crippen MR) is 67.5 cm³/mol. The lowest BCUT2D eigenvalue weighted by molar-refractivity contribution is -0.119. The maximum Gasteiger partial charge on any atom is 0.371 e. The van der Waals surface area contributed by atoms with Gasteiger partial charge in [0.15, 0.2) is 0 Å². The first-order chi connectivity index (χ1) is 9.06. The maximum atomic E-state index is 11.1. The SMILES string of the molecule is NC(=O)CN(Cc1ccc(C(=O)O)o1)C1CCCC1. The number of rotatable bonds is 6. The lowest BCUT2D eigenvalue weighted by Crippen LogP contribution is -2.39. The van der Waals surface area contributed by atoms with Crippen LogP contribution in [-0.2, 0) is 11.3 Å². The number of carbonyl (C=O) groups is 2. The molecule has 0 spiro atoms. The van der Waals surface area contributed by atoms with E-state index in [9.17, 15) is 9.59 Å². The van der Waals surface area contributed by atoms with Crippen molar-refractivity contribution in [1.82, 2.24) is 4.90 Å². The van der Waals surface area contributed by atoms with E-state index in [1.165, 1.54) is 6.07 Å². The highest BCUT2D eigenvalue weighted by atomic mass is 16.4. The third kappa shape index (κ3) is 3.57. The Hall–Kier alpha value is -1.82. The van der Waals surface area contributed by atoms with Gasteiger partial charge in [0.1, 0.15) is 5.76 Å². The van der Waals surface area contributed by atoms with Crippen molar-refractivity contribution in [3.63, 3.8) is 0 Å². The number of primary amides is 1. The van der Waals surface area contributed by atoms with E-state index in [2.05, 4.69) is 0 Å². The number of nitrogens with zero attached hydrogens (tertiary/aromatic N) is 1. The summed E-state index contributed by atoms with van der Waals surface area (Å²) in [6.45, 7) is 0.592. The van der Waals surface area contributed by atoms with Crippen LogP contribution in [0, 0.1) is 0 Å². The molecule has 1 aliphatic carbocycles. The summed E-state index contributed by atoms with van der Waals surface area (Å²) >= 11 is 0. The molecule has 0 aromatic carbocycles. The number of aromatic carboxylic acids is 1. The first kappa shape index (κ1) is 13.6. The summed E-state index contributed by atoms with van der Waals surface area (Å²) in [5.41, 5.74) is 5.26. The highest BCUT2D eigenvalue weighted by Crippen LogP contribution is 2.25. The Labute approximate surface area is 111 Å². The Bertz CT molecular complexity index is 463. The molecule has 0 radical (unpaired) electrons. The molecule has 1 heterocycles. The Balaban J connectivity index is 2.05. The number of carboxylic acids is 1. The van der Waals surface area contributed by atoms with Gasteiger partial charge in [0.2, 0.25) is 11.7 Å². The second-order valence-electron chi connectivity index (χ2n) is 4.88. The van der Waals surface area contributed by atoms with E-state index in [1.807, 2.05) is 4.90 Å². The Morgan fingerprint density at radius 2 is 2.05 bits per heavy atom. The van der Waals surface area contributed by atoms with E-state index in [1.54, 1.807) is 6.07 Å². The molecule has 2 rings (SSSR count). The summed E-state index contributed by atoms with van der Waals surface area (Å²) in [5, 5.41) is 8.81. The standard InChI is InChI=1S/C13H18N2O4/c14-12(16)8-15(9-3-1-2-4-9)7-10-5-6-11(19-10)13(17)18/h5-6,9H,1-4,7-8H2,(H2,14,16)(H,17,18). The second-order valence-corrected chi connectivity index (χ2v) is 4.88. The van der Waals surface area contributed by atoms with Crippen molar-refractivity contribution in [3.8, 4) is 0 Å². The molecule has 0 saturated heterocycles. The van der Waals surface area contributed by atoms with E-state index in [0.29, 0.717) is 18.3 Å². The molecule has 1 amide bonds. The van der Waals surface area contributed by atoms with E-state index >= 15 is 0 Å². The molecular weight excluding hydrogens is 248 g/mol. The highest BCUT2D eigenvalue weighted by molar-refractivity contribution is 5.84. The van der Waals surface area contributed by atoms with Crippen LogP contribution in [0.15, 0.2) is 16.5 Å². The van der Waals surface area contributed by atoms with Crippen molar-refractivity contribution in [2.24, 2.45) is 5.73 Å². The topological polar surface area (TPSA) is 96.8 Å². The van der Waals surface area contributed by atoms with Crippen LogP contribution in [-0.4, -0.2) is 34.5 Å². The Morgan fingerprint density at radius 1 is 1.37 bits per heavy atom. The van der Waals surface area contributed by atoms with Gasteiger partial charge >= 0.3 is 5.97 Å². The van der Waals surface area contributed by atoms with Gasteiger partial charge in [-0.25, -0.2) is 4.79 Å². The van der Waals surface area contributed by atoms with Crippen LogP contribution in [0.2, 0.25) is 0 Å². The summed E-state index contributed by atoms with van der Waals surface area (Å²) in [4.78, 5) is 23.9. The van der Waals surface area contributed by atoms with Gasteiger partial charge in [-0.3, -0.25) is 9.69 Å². The lowest BCUT2D eigenvalue weighted by atomic mass is 10.2. The molecular formula is C13H18N2O4. The zero-order valence-electron chi connectivity index (χ0n) is 10.7. The first-order valence-corrected chi connectivity index (χ1v) is 6.40. The summed E-state index contributed by atoms with van der Waals surface area (Å²) in [7, 11) is 0. The predicted octanol–water partition coefficient (Wildman–Crippen LogP) is 1.21. The number of hydrogen-bond donors (Lipinski definition) is 2. The fraction of sp³-hybridized carbons (Fsp3) is 0.538. The fourth-order valence-corrected chi connectivity index (χ4v) is 2.56. The second kappa shape index (κ2) is 5.88. The molecule has 0 bridgehead atoms. The number of carbonyl (C=O) groups excluding carboxylic acids is 1. The van der Waals surface area contributed by atoms with Gasteiger partial charge in [-0.2, -0.15) is 0 Å². The van der Waals surface area contributed by atoms with Gasteiger partial charge in [0, 0.05) is 6.04 Å². The average molecular weight is 266 g/mol. The third-order valence-electron chi connectivity index (χ3n) is 3.43. The van der Waals surface area contributed by atoms with Crippen molar-refractivity contribution in [1.29, 1.82) is 0 Å². The molecule has 6 nitrogen and oxygen atoms in total. The molecule has 1 aromatic heterocycles. The van der Waals surface area contributed by atoms with Crippen molar-refractivity contribution in [3.05, 3.63) is 23.7 Å². The van der Waals surface area contributed by atoms with Gasteiger partial charge in [0.05, 0.1) is 13.1 Å². The van der Waals surface area contributed by atoms with Gasteiger partial charge in [-0.15, -0.1) is 0 Å². The zero-order chi connectivity index (χ0) is 13.8. The monoisotopic (exact) mass is 266 g/mol. The molecule has 19 heavy (non-hydrogen) atoms. The fourth-order valence-electron chi connectivity index (χ4n) is 2.56. The van der Waals surface area contributed by atoms with Gasteiger partial charge in [-0.05, 0) is 25.0 Å². The largest absolute Gasteiger partial charge is 0.475 e. The molecule has 0 atom stereocenters. The summed E-state index contributed by atoms with van der Waals surface area (Å²) in [5.74, 6) is -1.00. The summed E-state index contributed by atoms with van der Waals surface area (Å²) < 4.78 is 5.22. The van der Waals surface area contributed by atoms with Crippen LogP contribution in [0.1, 0.15) is 42.0 Å². The summed E-state index contributed by atoms with van der Waals surface area (Å²) in [6.07, 6.45) is 4.39. The number of amides is 1. The number of hydrogen-bond acceptors (Lipinski definition) is 4. The van der Waals surface area contributed by atoms with Crippen molar-refractivity contribution >= 4 is 11.9 Å². The minimum Gasteiger partial charge on any atom is -0.475 e. The minimum absolute atomic E-state index is 0.0829. The normalized spacial score (nSPS) is 16.1. The van der Waals surface area contributed by atoms with Gasteiger partial charge in [0.25, 0.3) is 0 Å². The molecule has 0 aliphatic heterocycles. The van der Waals surface area contributed by atoms with Crippen LogP contribution in [0.3, 0.4) is 0 Å². The Kier molecular flexibility index (Phi) is 4.21. The van der Waals surface area contributed by atoms with Crippen molar-refractivity contribution < 1.29 is 19.1 Å². The smallest absolute Gasteiger partial charge is 0.371 e. The molecule has 1 aromatic rings. The molecule has 1 saturated carbocycles. The van der Waals surface area contributed by atoms with Gasteiger partial charge in [-0.1, -0.05) is 12.8 Å². The molecule has 3 N–H and O–H groups in total. The maximum absolute atomic E-state index is 11.1. The van der Waals surface area contributed by atoms with Crippen LogP contribution < -0.4 is 5.73 Å². The van der Waals surface area contributed by atoms with E-state index < -0.39 is 5.97 Å². The van der Waals surface area contributed by atoms with Crippen molar-refractivity contribution in [2.45, 2.75) is 38.3 Å². The van der Waals surface area contributed by atoms with Crippen LogP contribution in [0.4, 0.5) is 0 Å². The highest BCUT2D eigenvalue weighted by Gasteiger charge is 2.25. The molecule has 104 valence electrons. The molecule has 6 heteroatoms. The number of carboxylic acid groups (broad SMARTS) is 1. The lowest BCUT2D eigenvalue weighted by Gasteiger charge is -2.26. The summed E-state index contributed by atoms with van der Waals surface area (Å²) in [6, 6.07) is 3.38. The van der Waals surface area contributed by atoms with Gasteiger partial charge < -0.3 is 15.3 Å². The average Bonchev–Trinajstić information content (AvgIpc) is 2.98. The van der Waals surface area contributed by atoms with E-state index in [4.69, 9.17) is 15.3 Å². The van der Waals surface area contributed by atoms with Crippen LogP contribution in [0.5, 0.6) is 0 Å². The van der Waals surface area contributed by atoms with Crippen LogP contribution in [0.25, 0.3) is 0 Å².